The summed E-state index contributed by atoms with van der Waals surface area (Å²) in [6.45, 7) is 0.750. The molecule has 0 spiro atoms. The van der Waals surface area contributed by atoms with Gasteiger partial charge in [-0.2, -0.15) is 0 Å². The molecule has 2 rings (SSSR count). The molecule has 20 heavy (non-hydrogen) atoms. The normalized spacial score (nSPS) is 10.1. The number of rotatable bonds is 6. The van der Waals surface area contributed by atoms with Crippen molar-refractivity contribution >= 4 is 22.9 Å². The van der Waals surface area contributed by atoms with E-state index in [0.29, 0.717) is 4.99 Å². The van der Waals surface area contributed by atoms with E-state index in [1.165, 1.54) is 0 Å². The molecule has 0 radical (unpaired) electrons. The van der Waals surface area contributed by atoms with Gasteiger partial charge in [0, 0.05) is 42.2 Å². The van der Waals surface area contributed by atoms with Crippen molar-refractivity contribution in [3.63, 3.8) is 0 Å². The van der Waals surface area contributed by atoms with Crippen LogP contribution in [-0.4, -0.2) is 23.6 Å². The first-order chi connectivity index (χ1) is 9.70. The summed E-state index contributed by atoms with van der Waals surface area (Å²) in [6.07, 6.45) is 2.62. The number of nitrogens with one attached hydrogen (secondary N) is 1. The molecule has 1 heterocycles. The largest absolute Gasteiger partial charge is 0.497 e. The van der Waals surface area contributed by atoms with Gasteiger partial charge in [0.1, 0.15) is 10.7 Å². The van der Waals surface area contributed by atoms with Gasteiger partial charge in [0.25, 0.3) is 0 Å². The molecule has 1 aromatic carbocycles. The van der Waals surface area contributed by atoms with Crippen LogP contribution in [0.5, 0.6) is 5.75 Å². The molecule has 0 aliphatic rings. The Bertz CT molecular complexity index is 587. The Morgan fingerprint density at radius 3 is 2.85 bits per heavy atom. The highest BCUT2D eigenvalue weighted by atomic mass is 32.1. The SMILES string of the molecule is COc1ccc(C(N)=S)c(NCCc2ccccn2)c1. The van der Waals surface area contributed by atoms with Crippen LogP contribution in [0, 0.1) is 0 Å². The van der Waals surface area contributed by atoms with E-state index in [2.05, 4.69) is 10.3 Å². The van der Waals surface area contributed by atoms with Gasteiger partial charge < -0.3 is 15.8 Å². The van der Waals surface area contributed by atoms with Crippen molar-refractivity contribution in [1.29, 1.82) is 0 Å². The van der Waals surface area contributed by atoms with Gasteiger partial charge in [-0.05, 0) is 24.3 Å². The maximum Gasteiger partial charge on any atom is 0.120 e. The van der Waals surface area contributed by atoms with Gasteiger partial charge >= 0.3 is 0 Å². The summed E-state index contributed by atoms with van der Waals surface area (Å²) in [5.41, 5.74) is 8.47. The molecule has 0 bridgehead atoms. The third kappa shape index (κ3) is 3.68. The molecule has 0 saturated heterocycles. The van der Waals surface area contributed by atoms with E-state index < -0.39 is 0 Å². The summed E-state index contributed by atoms with van der Waals surface area (Å²) in [6, 6.07) is 11.5. The zero-order valence-electron chi connectivity index (χ0n) is 11.3. The second-order valence-corrected chi connectivity index (χ2v) is 4.71. The van der Waals surface area contributed by atoms with E-state index in [0.717, 1.165) is 35.7 Å². The molecule has 0 saturated carbocycles. The van der Waals surface area contributed by atoms with E-state index in [1.807, 2.05) is 36.4 Å². The predicted molar refractivity (Wildman–Crippen MR) is 85.3 cm³/mol. The average Bonchev–Trinajstić information content (AvgIpc) is 2.48. The van der Waals surface area contributed by atoms with Gasteiger partial charge in [0.05, 0.1) is 7.11 Å². The van der Waals surface area contributed by atoms with Gasteiger partial charge in [-0.15, -0.1) is 0 Å². The molecule has 1 aromatic heterocycles. The smallest absolute Gasteiger partial charge is 0.120 e. The monoisotopic (exact) mass is 287 g/mol. The number of anilines is 1. The highest BCUT2D eigenvalue weighted by Gasteiger charge is 2.06. The van der Waals surface area contributed by atoms with Crippen LogP contribution in [0.4, 0.5) is 5.69 Å². The van der Waals surface area contributed by atoms with Gasteiger partial charge in [-0.3, -0.25) is 4.98 Å². The summed E-state index contributed by atoms with van der Waals surface area (Å²) in [5, 5.41) is 3.33. The number of nitrogens with two attached hydrogens (primary N) is 1. The van der Waals surface area contributed by atoms with Crippen LogP contribution in [0.25, 0.3) is 0 Å². The van der Waals surface area contributed by atoms with Gasteiger partial charge in [0.15, 0.2) is 0 Å². The van der Waals surface area contributed by atoms with E-state index in [-0.39, 0.29) is 0 Å². The predicted octanol–water partition coefficient (Wildman–Crippen LogP) is 2.38. The molecule has 0 unspecified atom stereocenters. The van der Waals surface area contributed by atoms with Crippen LogP contribution in [0.3, 0.4) is 0 Å². The lowest BCUT2D eigenvalue weighted by Gasteiger charge is -2.12. The van der Waals surface area contributed by atoms with Crippen LogP contribution in [0.15, 0.2) is 42.6 Å². The molecule has 2 aromatic rings. The zero-order chi connectivity index (χ0) is 14.4. The lowest BCUT2D eigenvalue weighted by Crippen LogP contribution is -2.14. The molecule has 5 heteroatoms. The molecule has 0 amide bonds. The van der Waals surface area contributed by atoms with Crippen LogP contribution in [0.2, 0.25) is 0 Å². The van der Waals surface area contributed by atoms with Crippen LogP contribution in [-0.2, 0) is 6.42 Å². The lowest BCUT2D eigenvalue weighted by atomic mass is 10.1. The maximum absolute atomic E-state index is 5.73. The zero-order valence-corrected chi connectivity index (χ0v) is 12.1. The molecular formula is C15H17N3OS. The quantitative estimate of drug-likeness (QED) is 0.799. The Balaban J connectivity index is 2.06. The molecule has 0 aliphatic heterocycles. The van der Waals surface area contributed by atoms with Crippen molar-refractivity contribution in [2.24, 2.45) is 5.73 Å². The van der Waals surface area contributed by atoms with Gasteiger partial charge in [-0.25, -0.2) is 0 Å². The first-order valence-electron chi connectivity index (χ1n) is 6.32. The number of benzene rings is 1. The third-order valence-corrected chi connectivity index (χ3v) is 3.13. The number of pyridine rings is 1. The Hall–Kier alpha value is -2.14. The minimum Gasteiger partial charge on any atom is -0.497 e. The number of ether oxygens (including phenoxy) is 1. The summed E-state index contributed by atoms with van der Waals surface area (Å²) >= 11 is 5.06. The number of aromatic nitrogens is 1. The fraction of sp³-hybridized carbons (Fsp3) is 0.200. The molecular weight excluding hydrogens is 270 g/mol. The van der Waals surface area contributed by atoms with Crippen molar-refractivity contribution in [3.8, 4) is 5.75 Å². The molecule has 4 nitrogen and oxygen atoms in total. The third-order valence-electron chi connectivity index (χ3n) is 2.91. The topological polar surface area (TPSA) is 60.2 Å². The summed E-state index contributed by atoms with van der Waals surface area (Å²) in [5.74, 6) is 0.769. The molecule has 0 fully saturated rings. The minimum absolute atomic E-state index is 0.369. The number of methoxy groups -OCH3 is 1. The van der Waals surface area contributed by atoms with Crippen molar-refractivity contribution in [1.82, 2.24) is 4.98 Å². The summed E-state index contributed by atoms with van der Waals surface area (Å²) in [7, 11) is 1.63. The fourth-order valence-corrected chi connectivity index (χ4v) is 2.06. The minimum atomic E-state index is 0.369. The number of hydrogen-bond acceptors (Lipinski definition) is 4. The van der Waals surface area contributed by atoms with Gasteiger partial charge in [0.2, 0.25) is 0 Å². The van der Waals surface area contributed by atoms with E-state index in [9.17, 15) is 0 Å². The van der Waals surface area contributed by atoms with Gasteiger partial charge in [-0.1, -0.05) is 18.3 Å². The first kappa shape index (κ1) is 14.3. The number of hydrogen-bond donors (Lipinski definition) is 2. The standard InChI is InChI=1S/C15H17N3OS/c1-19-12-5-6-13(15(16)20)14(10-12)18-9-7-11-4-2-3-8-17-11/h2-6,8,10,18H,7,9H2,1H3,(H2,16,20). The molecule has 104 valence electrons. The van der Waals surface area contributed by atoms with E-state index in [4.69, 9.17) is 22.7 Å². The van der Waals surface area contributed by atoms with Crippen molar-refractivity contribution in [2.45, 2.75) is 6.42 Å². The lowest BCUT2D eigenvalue weighted by molar-refractivity contribution is 0.415. The van der Waals surface area contributed by atoms with Crippen LogP contribution in [0.1, 0.15) is 11.3 Å². The fourth-order valence-electron chi connectivity index (χ4n) is 1.88. The Morgan fingerprint density at radius 1 is 1.35 bits per heavy atom. The summed E-state index contributed by atoms with van der Waals surface area (Å²) < 4.78 is 5.22. The highest BCUT2D eigenvalue weighted by molar-refractivity contribution is 7.80. The first-order valence-corrected chi connectivity index (χ1v) is 6.73. The van der Waals surface area contributed by atoms with Crippen LogP contribution >= 0.6 is 12.2 Å². The second kappa shape index (κ2) is 6.86. The number of nitrogens with zero attached hydrogens (tertiary/aromatic N) is 1. The highest BCUT2D eigenvalue weighted by Crippen LogP contribution is 2.22. The molecule has 0 aliphatic carbocycles. The van der Waals surface area contributed by atoms with E-state index >= 15 is 0 Å². The van der Waals surface area contributed by atoms with Crippen molar-refractivity contribution < 1.29 is 4.74 Å². The Labute approximate surface area is 124 Å². The van der Waals surface area contributed by atoms with Crippen molar-refractivity contribution in [2.75, 3.05) is 19.0 Å². The number of thiocarbonyl (C=S) groups is 1. The second-order valence-electron chi connectivity index (χ2n) is 4.27. The maximum atomic E-state index is 5.73. The molecule has 3 N–H and O–H groups in total. The van der Waals surface area contributed by atoms with Crippen molar-refractivity contribution in [3.05, 3.63) is 53.9 Å². The van der Waals surface area contributed by atoms with Crippen LogP contribution < -0.4 is 15.8 Å². The summed E-state index contributed by atoms with van der Waals surface area (Å²) in [4.78, 5) is 4.65. The Morgan fingerprint density at radius 2 is 2.20 bits per heavy atom. The van der Waals surface area contributed by atoms with E-state index in [1.54, 1.807) is 13.3 Å². The molecule has 0 atom stereocenters. The Kier molecular flexibility index (Phi) is 4.90. The average molecular weight is 287 g/mol.